The fraction of sp³-hybridized carbons (Fsp3) is 0.435. The molecule has 10 heteroatoms. The summed E-state index contributed by atoms with van der Waals surface area (Å²) in [5, 5.41) is 3.98. The first kappa shape index (κ1) is 22.5. The Kier molecular flexibility index (Phi) is 6.26. The lowest BCUT2D eigenvalue weighted by Gasteiger charge is -2.37. The molecule has 0 aliphatic carbocycles. The normalized spacial score (nSPS) is 23.2. The monoisotopic (exact) mass is 491 g/mol. The highest BCUT2D eigenvalue weighted by Crippen LogP contribution is 2.37. The molecule has 0 saturated carbocycles. The third-order valence-corrected chi connectivity index (χ3v) is 8.49. The highest BCUT2D eigenvalue weighted by atomic mass is 32.2. The van der Waals surface area contributed by atoms with Crippen LogP contribution in [0.25, 0.3) is 10.2 Å². The maximum absolute atomic E-state index is 13.3. The first-order valence-corrected chi connectivity index (χ1v) is 13.7. The Morgan fingerprint density at radius 1 is 1.12 bits per heavy atom. The second kappa shape index (κ2) is 9.17. The lowest BCUT2D eigenvalue weighted by Crippen LogP contribution is -2.51. The van der Waals surface area contributed by atoms with Gasteiger partial charge in [-0.15, -0.1) is 0 Å². The van der Waals surface area contributed by atoms with Gasteiger partial charge >= 0.3 is 0 Å². The van der Waals surface area contributed by atoms with E-state index in [2.05, 4.69) is 10.3 Å². The molecule has 1 aromatic heterocycles. The number of thiazole rings is 1. The molecule has 1 N–H and O–H groups in total. The SMILES string of the molecule is CS(=O)(=O)N1[C@@H]2CC[C@H]1C[C@@H](NCCOc1ccc(Oc3nc4cc(F)ccc4s3)cc1)C2. The van der Waals surface area contributed by atoms with Crippen molar-refractivity contribution < 1.29 is 22.3 Å². The standard InChI is InChI=1S/C23H26FN3O4S2/c1-33(28,29)27-17-3-4-18(27)14-16(13-17)25-10-11-30-19-5-7-20(8-6-19)31-23-26-21-12-15(24)2-9-22(21)32-23/h2,5-9,12,16-18,25H,3-4,10-11,13-14H2,1H3/t16-,17+,18-. The fourth-order valence-electron chi connectivity index (χ4n) is 4.90. The van der Waals surface area contributed by atoms with E-state index in [1.54, 1.807) is 10.4 Å². The Balaban J connectivity index is 1.08. The molecule has 0 unspecified atom stereocenters. The van der Waals surface area contributed by atoms with E-state index in [1.807, 2.05) is 24.3 Å². The molecule has 33 heavy (non-hydrogen) atoms. The maximum Gasteiger partial charge on any atom is 0.279 e. The number of nitrogens with one attached hydrogen (secondary N) is 1. The number of sulfonamides is 1. The average molecular weight is 492 g/mol. The number of benzene rings is 2. The van der Waals surface area contributed by atoms with Gasteiger partial charge in [0.25, 0.3) is 5.19 Å². The Morgan fingerprint density at radius 3 is 2.52 bits per heavy atom. The first-order valence-electron chi connectivity index (χ1n) is 11.0. The van der Waals surface area contributed by atoms with E-state index < -0.39 is 10.0 Å². The van der Waals surface area contributed by atoms with Gasteiger partial charge in [0.05, 0.1) is 16.5 Å². The highest BCUT2D eigenvalue weighted by molar-refractivity contribution is 7.88. The summed E-state index contributed by atoms with van der Waals surface area (Å²) in [7, 11) is -3.13. The van der Waals surface area contributed by atoms with Crippen molar-refractivity contribution in [3.05, 3.63) is 48.3 Å². The van der Waals surface area contributed by atoms with Gasteiger partial charge in [0.15, 0.2) is 0 Å². The third-order valence-electron chi connectivity index (χ3n) is 6.21. The van der Waals surface area contributed by atoms with Gasteiger partial charge in [0.2, 0.25) is 10.0 Å². The van der Waals surface area contributed by atoms with Gasteiger partial charge in [0.1, 0.15) is 23.9 Å². The zero-order valence-corrected chi connectivity index (χ0v) is 19.9. The summed E-state index contributed by atoms with van der Waals surface area (Å²) in [5.41, 5.74) is 0.581. The molecule has 2 aliphatic rings. The van der Waals surface area contributed by atoms with Gasteiger partial charge in [-0.3, -0.25) is 0 Å². The molecule has 176 valence electrons. The maximum atomic E-state index is 13.3. The van der Waals surface area contributed by atoms with E-state index in [9.17, 15) is 12.8 Å². The molecule has 3 aromatic rings. The molecule has 3 heterocycles. The number of nitrogens with zero attached hydrogens (tertiary/aromatic N) is 2. The molecule has 2 aromatic carbocycles. The van der Waals surface area contributed by atoms with Crippen molar-refractivity contribution in [2.45, 2.75) is 43.8 Å². The summed E-state index contributed by atoms with van der Waals surface area (Å²) in [6.07, 6.45) is 4.93. The van der Waals surface area contributed by atoms with Gasteiger partial charge in [-0.2, -0.15) is 4.31 Å². The Labute approximate surface area is 196 Å². The minimum atomic E-state index is -3.13. The average Bonchev–Trinajstić information content (AvgIpc) is 3.29. The predicted octanol–water partition coefficient (Wildman–Crippen LogP) is 4.15. The van der Waals surface area contributed by atoms with Crippen molar-refractivity contribution >= 4 is 31.6 Å². The minimum absolute atomic E-state index is 0.124. The largest absolute Gasteiger partial charge is 0.492 e. The van der Waals surface area contributed by atoms with Crippen LogP contribution in [-0.4, -0.2) is 55.2 Å². The van der Waals surface area contributed by atoms with Crippen LogP contribution in [0.4, 0.5) is 4.39 Å². The molecule has 2 bridgehead atoms. The van der Waals surface area contributed by atoms with Crippen LogP contribution in [0.5, 0.6) is 16.7 Å². The van der Waals surface area contributed by atoms with Gasteiger partial charge in [-0.25, -0.2) is 17.8 Å². The van der Waals surface area contributed by atoms with Crippen molar-refractivity contribution in [2.24, 2.45) is 0 Å². The predicted molar refractivity (Wildman–Crippen MR) is 126 cm³/mol. The van der Waals surface area contributed by atoms with Gasteiger partial charge < -0.3 is 14.8 Å². The van der Waals surface area contributed by atoms with Gasteiger partial charge in [-0.1, -0.05) is 11.3 Å². The van der Waals surface area contributed by atoms with Crippen LogP contribution in [0.3, 0.4) is 0 Å². The summed E-state index contributed by atoms with van der Waals surface area (Å²) in [4.78, 5) is 4.31. The molecule has 2 saturated heterocycles. The molecule has 2 aliphatic heterocycles. The molecular weight excluding hydrogens is 465 g/mol. The van der Waals surface area contributed by atoms with E-state index >= 15 is 0 Å². The summed E-state index contributed by atoms with van der Waals surface area (Å²) >= 11 is 1.37. The smallest absolute Gasteiger partial charge is 0.279 e. The second-order valence-corrected chi connectivity index (χ2v) is 11.5. The number of halogens is 1. The lowest BCUT2D eigenvalue weighted by atomic mass is 10.00. The molecular formula is C23H26FN3O4S2. The van der Waals surface area contributed by atoms with Gasteiger partial charge in [-0.05, 0) is 62.1 Å². The molecule has 3 atom stereocenters. The Bertz CT molecular complexity index is 1220. The highest BCUT2D eigenvalue weighted by Gasteiger charge is 2.44. The fourth-order valence-corrected chi connectivity index (χ4v) is 7.18. The van der Waals surface area contributed by atoms with Crippen molar-refractivity contribution in [3.8, 4) is 16.7 Å². The van der Waals surface area contributed by atoms with E-state index in [-0.39, 0.29) is 17.9 Å². The summed E-state index contributed by atoms with van der Waals surface area (Å²) in [6.45, 7) is 1.22. The molecule has 0 radical (unpaired) electrons. The summed E-state index contributed by atoms with van der Waals surface area (Å²) in [6, 6.07) is 12.4. The van der Waals surface area contributed by atoms with Gasteiger partial charge in [0, 0.05) is 30.7 Å². The van der Waals surface area contributed by atoms with E-state index in [4.69, 9.17) is 9.47 Å². The number of piperidine rings is 1. The van der Waals surface area contributed by atoms with Crippen LogP contribution in [0.15, 0.2) is 42.5 Å². The van der Waals surface area contributed by atoms with Crippen molar-refractivity contribution in [1.29, 1.82) is 0 Å². The number of aromatic nitrogens is 1. The first-order chi connectivity index (χ1) is 15.8. The molecule has 2 fully saturated rings. The lowest BCUT2D eigenvalue weighted by molar-refractivity contribution is 0.201. The number of hydrogen-bond acceptors (Lipinski definition) is 7. The van der Waals surface area contributed by atoms with Crippen LogP contribution < -0.4 is 14.8 Å². The molecule has 0 spiro atoms. The van der Waals surface area contributed by atoms with Crippen LogP contribution in [0, 0.1) is 5.82 Å². The zero-order chi connectivity index (χ0) is 23.0. The Morgan fingerprint density at radius 2 is 1.82 bits per heavy atom. The minimum Gasteiger partial charge on any atom is -0.492 e. The zero-order valence-electron chi connectivity index (χ0n) is 18.2. The number of fused-ring (bicyclic) bond motifs is 3. The van der Waals surface area contributed by atoms with Crippen LogP contribution in [0.2, 0.25) is 0 Å². The van der Waals surface area contributed by atoms with Crippen LogP contribution in [-0.2, 0) is 10.0 Å². The van der Waals surface area contributed by atoms with Crippen LogP contribution >= 0.6 is 11.3 Å². The molecule has 5 rings (SSSR count). The van der Waals surface area contributed by atoms with Crippen LogP contribution in [0.1, 0.15) is 25.7 Å². The van der Waals surface area contributed by atoms with Crippen molar-refractivity contribution in [2.75, 3.05) is 19.4 Å². The van der Waals surface area contributed by atoms with Crippen molar-refractivity contribution in [3.63, 3.8) is 0 Å². The van der Waals surface area contributed by atoms with E-state index in [0.29, 0.717) is 35.7 Å². The quantitative estimate of drug-likeness (QED) is 0.477. The Hall–Kier alpha value is -2.27. The summed E-state index contributed by atoms with van der Waals surface area (Å²) < 4.78 is 51.6. The molecule has 7 nitrogen and oxygen atoms in total. The topological polar surface area (TPSA) is 80.8 Å². The summed E-state index contributed by atoms with van der Waals surface area (Å²) in [5.74, 6) is 1.05. The van der Waals surface area contributed by atoms with E-state index in [0.717, 1.165) is 36.1 Å². The molecule has 0 amide bonds. The van der Waals surface area contributed by atoms with Crippen molar-refractivity contribution in [1.82, 2.24) is 14.6 Å². The second-order valence-electron chi connectivity index (χ2n) is 8.61. The number of rotatable bonds is 8. The third kappa shape index (κ3) is 5.13. The van der Waals surface area contributed by atoms with E-state index in [1.165, 1.54) is 29.7 Å². The number of ether oxygens (including phenoxy) is 2. The number of hydrogen-bond donors (Lipinski definition) is 1.